The minimum Gasteiger partial charge on any atom is -0.445 e. The fourth-order valence-corrected chi connectivity index (χ4v) is 4.21. The van der Waals surface area contributed by atoms with Gasteiger partial charge in [0, 0.05) is 36.2 Å². The quantitative estimate of drug-likeness (QED) is 0.376. The molecule has 0 N–H and O–H groups in total. The van der Waals surface area contributed by atoms with Gasteiger partial charge in [0.25, 0.3) is 5.91 Å². The van der Waals surface area contributed by atoms with Gasteiger partial charge in [-0.3, -0.25) is 4.79 Å². The molecule has 0 unspecified atom stereocenters. The van der Waals surface area contributed by atoms with Gasteiger partial charge in [-0.15, -0.1) is 0 Å². The van der Waals surface area contributed by atoms with Crippen molar-refractivity contribution in [1.29, 1.82) is 0 Å². The van der Waals surface area contributed by atoms with Crippen LogP contribution in [0.25, 0.3) is 11.3 Å². The molecule has 4 aromatic rings. The van der Waals surface area contributed by atoms with Gasteiger partial charge in [0.15, 0.2) is 5.89 Å². The molecule has 1 amide bonds. The molecule has 8 heteroatoms. The molecule has 5 rings (SSSR count). The molecule has 0 spiro atoms. The van der Waals surface area contributed by atoms with Crippen LogP contribution < -0.4 is 0 Å². The lowest BCUT2D eigenvalue weighted by atomic mass is 9.97. The second-order valence-corrected chi connectivity index (χ2v) is 8.55. The van der Waals surface area contributed by atoms with Crippen LogP contribution >= 0.6 is 11.6 Å². The lowest BCUT2D eigenvalue weighted by Gasteiger charge is -2.30. The molecule has 0 aliphatic carbocycles. The van der Waals surface area contributed by atoms with E-state index in [0.717, 1.165) is 24.2 Å². The van der Waals surface area contributed by atoms with E-state index in [1.54, 1.807) is 29.3 Å². The molecule has 0 radical (unpaired) electrons. The number of amides is 1. The lowest BCUT2D eigenvalue weighted by molar-refractivity contribution is 0.0656. The zero-order chi connectivity index (χ0) is 22.8. The average Bonchev–Trinajstić information content (AvgIpc) is 3.51. The highest BCUT2D eigenvalue weighted by atomic mass is 35.5. The molecule has 1 aliphatic heterocycles. The molecule has 2 aromatic carbocycles. The summed E-state index contributed by atoms with van der Waals surface area (Å²) in [6, 6.07) is 15.3. The first-order valence-electron chi connectivity index (χ1n) is 10.8. The van der Waals surface area contributed by atoms with Crippen molar-refractivity contribution < 1.29 is 18.1 Å². The third-order valence-corrected chi connectivity index (χ3v) is 6.04. The van der Waals surface area contributed by atoms with Gasteiger partial charge < -0.3 is 13.8 Å². The van der Waals surface area contributed by atoms with Gasteiger partial charge in [-0.05, 0) is 42.7 Å². The molecule has 2 aromatic heterocycles. The van der Waals surface area contributed by atoms with Crippen LogP contribution in [0.4, 0.5) is 4.39 Å². The summed E-state index contributed by atoms with van der Waals surface area (Å²) in [5.41, 5.74) is 1.67. The van der Waals surface area contributed by atoms with Crippen molar-refractivity contribution in [3.05, 3.63) is 94.6 Å². The Morgan fingerprint density at radius 1 is 1.18 bits per heavy atom. The zero-order valence-electron chi connectivity index (χ0n) is 17.7. The largest absolute Gasteiger partial charge is 0.445 e. The fraction of sp³-hybridized carbons (Fsp3) is 0.240. The number of hydrogen-bond acceptors (Lipinski definition) is 5. The maximum Gasteiger partial charge on any atom is 0.292 e. The minimum absolute atomic E-state index is 0.00405. The Morgan fingerprint density at radius 2 is 2.00 bits per heavy atom. The van der Waals surface area contributed by atoms with E-state index < -0.39 is 5.82 Å². The van der Waals surface area contributed by atoms with E-state index in [0.29, 0.717) is 41.7 Å². The summed E-state index contributed by atoms with van der Waals surface area (Å²) in [5.74, 6) is 0.783. The van der Waals surface area contributed by atoms with E-state index in [4.69, 9.17) is 20.5 Å². The molecular formula is C25H21ClFN3O3. The van der Waals surface area contributed by atoms with Crippen LogP contribution in [0.1, 0.15) is 46.5 Å². The maximum absolute atomic E-state index is 14.0. The smallest absolute Gasteiger partial charge is 0.292 e. The summed E-state index contributed by atoms with van der Waals surface area (Å²) < 4.78 is 25.3. The van der Waals surface area contributed by atoms with Crippen molar-refractivity contribution in [2.75, 3.05) is 13.1 Å². The molecule has 0 saturated carbocycles. The van der Waals surface area contributed by atoms with Crippen molar-refractivity contribution in [3.8, 4) is 11.3 Å². The molecule has 168 valence electrons. The number of halogens is 2. The van der Waals surface area contributed by atoms with Crippen molar-refractivity contribution >= 4 is 17.5 Å². The fourth-order valence-electron chi connectivity index (χ4n) is 4.09. The van der Waals surface area contributed by atoms with Crippen molar-refractivity contribution in [2.45, 2.75) is 25.2 Å². The van der Waals surface area contributed by atoms with Gasteiger partial charge >= 0.3 is 0 Å². The number of oxazole rings is 1. The first-order chi connectivity index (χ1) is 16.1. The summed E-state index contributed by atoms with van der Waals surface area (Å²) in [7, 11) is 0. The Morgan fingerprint density at radius 3 is 2.82 bits per heavy atom. The molecule has 1 aliphatic rings. The second kappa shape index (κ2) is 9.19. The number of nitrogens with zero attached hydrogens (tertiary/aromatic N) is 3. The van der Waals surface area contributed by atoms with Crippen LogP contribution in [0, 0.1) is 5.82 Å². The summed E-state index contributed by atoms with van der Waals surface area (Å²) in [6.07, 6.45) is 4.05. The SMILES string of the molecule is O=C(c1cc(-c2ccccc2F)no1)N1CCC[C@@H](c2ncc(Cc3ccc(Cl)cc3)o2)C1. The summed E-state index contributed by atoms with van der Waals surface area (Å²) >= 11 is 5.95. The van der Waals surface area contributed by atoms with E-state index in [1.165, 1.54) is 12.1 Å². The Hall–Kier alpha value is -3.45. The molecular weight excluding hydrogens is 445 g/mol. The molecule has 0 bridgehead atoms. The molecule has 3 heterocycles. The second-order valence-electron chi connectivity index (χ2n) is 8.11. The maximum atomic E-state index is 14.0. The number of piperidine rings is 1. The monoisotopic (exact) mass is 465 g/mol. The van der Waals surface area contributed by atoms with Gasteiger partial charge in [-0.25, -0.2) is 9.37 Å². The molecule has 6 nitrogen and oxygen atoms in total. The number of hydrogen-bond donors (Lipinski definition) is 0. The van der Waals surface area contributed by atoms with E-state index in [9.17, 15) is 9.18 Å². The van der Waals surface area contributed by atoms with Gasteiger partial charge in [0.2, 0.25) is 5.76 Å². The van der Waals surface area contributed by atoms with Crippen LogP contribution in [0.5, 0.6) is 0 Å². The third-order valence-electron chi connectivity index (χ3n) is 5.79. The number of carbonyl (C=O) groups excluding carboxylic acids is 1. The van der Waals surface area contributed by atoms with E-state index >= 15 is 0 Å². The standard InChI is InChI=1S/C25H21ClFN3O3/c26-18-9-7-16(8-10-18)12-19-14-28-24(32-19)17-4-3-11-30(15-17)25(31)23-13-22(29-33-23)20-5-1-2-6-21(20)27/h1-2,5-10,13-14,17H,3-4,11-12,15H2/t17-/m1/s1. The van der Waals surface area contributed by atoms with Crippen LogP contribution in [-0.2, 0) is 6.42 Å². The predicted octanol–water partition coefficient (Wildman–Crippen LogP) is 5.73. The van der Waals surface area contributed by atoms with Gasteiger partial charge in [0.1, 0.15) is 17.3 Å². The number of likely N-dealkylation sites (tertiary alicyclic amines) is 1. The van der Waals surface area contributed by atoms with E-state index in [2.05, 4.69) is 10.1 Å². The molecule has 1 fully saturated rings. The van der Waals surface area contributed by atoms with Crippen LogP contribution in [-0.4, -0.2) is 34.0 Å². The predicted molar refractivity (Wildman–Crippen MR) is 121 cm³/mol. The molecule has 1 saturated heterocycles. The highest BCUT2D eigenvalue weighted by Gasteiger charge is 2.30. The summed E-state index contributed by atoms with van der Waals surface area (Å²) in [6.45, 7) is 1.07. The van der Waals surface area contributed by atoms with E-state index in [1.807, 2.05) is 24.3 Å². The highest BCUT2D eigenvalue weighted by Crippen LogP contribution is 2.29. The number of rotatable bonds is 5. The van der Waals surface area contributed by atoms with Crippen molar-refractivity contribution in [1.82, 2.24) is 15.0 Å². The first-order valence-corrected chi connectivity index (χ1v) is 11.1. The lowest BCUT2D eigenvalue weighted by Crippen LogP contribution is -2.39. The van der Waals surface area contributed by atoms with Crippen molar-refractivity contribution in [3.63, 3.8) is 0 Å². The Balaban J connectivity index is 1.26. The van der Waals surface area contributed by atoms with E-state index in [-0.39, 0.29) is 17.6 Å². The van der Waals surface area contributed by atoms with Crippen LogP contribution in [0.15, 0.2) is 69.7 Å². The summed E-state index contributed by atoms with van der Waals surface area (Å²) in [5, 5.41) is 4.58. The number of benzene rings is 2. The Labute approximate surface area is 195 Å². The molecule has 33 heavy (non-hydrogen) atoms. The first kappa shape index (κ1) is 21.4. The number of aromatic nitrogens is 2. The Bertz CT molecular complexity index is 1270. The Kier molecular flexibility index (Phi) is 5.96. The zero-order valence-corrected chi connectivity index (χ0v) is 18.5. The average molecular weight is 466 g/mol. The van der Waals surface area contributed by atoms with Gasteiger partial charge in [-0.1, -0.05) is 41.0 Å². The summed E-state index contributed by atoms with van der Waals surface area (Å²) in [4.78, 5) is 19.2. The number of carbonyl (C=O) groups is 1. The third kappa shape index (κ3) is 4.68. The highest BCUT2D eigenvalue weighted by molar-refractivity contribution is 6.30. The van der Waals surface area contributed by atoms with Crippen LogP contribution in [0.2, 0.25) is 5.02 Å². The minimum atomic E-state index is -0.416. The topological polar surface area (TPSA) is 72.4 Å². The van der Waals surface area contributed by atoms with Crippen molar-refractivity contribution in [2.24, 2.45) is 0 Å². The van der Waals surface area contributed by atoms with Crippen LogP contribution in [0.3, 0.4) is 0 Å². The van der Waals surface area contributed by atoms with Gasteiger partial charge in [-0.2, -0.15) is 0 Å². The normalized spacial score (nSPS) is 16.2. The molecule has 1 atom stereocenters. The van der Waals surface area contributed by atoms with Gasteiger partial charge in [0.05, 0.1) is 12.1 Å².